The molecule has 0 radical (unpaired) electrons. The highest BCUT2D eigenvalue weighted by Gasteiger charge is 2.18. The van der Waals surface area contributed by atoms with Gasteiger partial charge in [0.2, 0.25) is 5.91 Å². The summed E-state index contributed by atoms with van der Waals surface area (Å²) in [6.45, 7) is 6.40. The van der Waals surface area contributed by atoms with E-state index in [2.05, 4.69) is 54.5 Å². The van der Waals surface area contributed by atoms with Crippen LogP contribution in [0.4, 0.5) is 0 Å². The van der Waals surface area contributed by atoms with E-state index < -0.39 is 0 Å². The van der Waals surface area contributed by atoms with Crippen LogP contribution >= 0.6 is 11.8 Å². The summed E-state index contributed by atoms with van der Waals surface area (Å²) in [7, 11) is 1.94. The number of amides is 1. The van der Waals surface area contributed by atoms with Crippen molar-refractivity contribution < 1.29 is 4.79 Å². The molecule has 0 aliphatic rings. The highest BCUT2D eigenvalue weighted by molar-refractivity contribution is 7.99. The Morgan fingerprint density at radius 3 is 2.45 bits per heavy atom. The molecule has 0 saturated heterocycles. The Labute approximate surface area is 176 Å². The number of rotatable bonds is 8. The van der Waals surface area contributed by atoms with Crippen LogP contribution in [-0.4, -0.2) is 26.4 Å². The zero-order valence-corrected chi connectivity index (χ0v) is 18.2. The molecule has 2 aromatic carbocycles. The van der Waals surface area contributed by atoms with Gasteiger partial charge in [0.15, 0.2) is 11.0 Å². The number of benzene rings is 2. The third-order valence-electron chi connectivity index (χ3n) is 4.80. The average molecular weight is 409 g/mol. The average Bonchev–Trinajstić information content (AvgIpc) is 3.07. The fourth-order valence-corrected chi connectivity index (χ4v) is 4.02. The first-order chi connectivity index (χ1) is 14.0. The molecule has 1 atom stereocenters. The molecule has 1 N–H and O–H groups in total. The van der Waals surface area contributed by atoms with E-state index in [1.165, 1.54) is 11.8 Å². The van der Waals surface area contributed by atoms with Crippen LogP contribution in [0.3, 0.4) is 0 Å². The zero-order valence-electron chi connectivity index (χ0n) is 17.4. The molecule has 3 aromatic rings. The minimum absolute atomic E-state index is 0.00458. The van der Waals surface area contributed by atoms with Gasteiger partial charge in [-0.3, -0.25) is 4.79 Å². The minimum Gasteiger partial charge on any atom is -0.349 e. The molecular formula is C23H28N4OS. The summed E-state index contributed by atoms with van der Waals surface area (Å²) in [4.78, 5) is 12.6. The van der Waals surface area contributed by atoms with Crippen molar-refractivity contribution in [3.8, 4) is 11.4 Å². The summed E-state index contributed by atoms with van der Waals surface area (Å²) in [6, 6.07) is 18.3. The maximum absolute atomic E-state index is 12.6. The molecule has 0 aliphatic carbocycles. The lowest BCUT2D eigenvalue weighted by Crippen LogP contribution is -2.31. The third kappa shape index (κ3) is 5.48. The number of aromatic nitrogens is 3. The number of nitrogens with one attached hydrogen (secondary N) is 1. The number of thioether (sulfide) groups is 1. The molecule has 0 fully saturated rings. The predicted molar refractivity (Wildman–Crippen MR) is 119 cm³/mol. The summed E-state index contributed by atoms with van der Waals surface area (Å²) in [5.74, 6) is 1.61. The van der Waals surface area contributed by atoms with Gasteiger partial charge in [0, 0.05) is 12.6 Å². The van der Waals surface area contributed by atoms with Gasteiger partial charge in [0.05, 0.1) is 11.8 Å². The van der Waals surface area contributed by atoms with Gasteiger partial charge < -0.3 is 9.88 Å². The van der Waals surface area contributed by atoms with Crippen molar-refractivity contribution in [2.45, 2.75) is 38.4 Å². The van der Waals surface area contributed by atoms with E-state index in [0.29, 0.717) is 11.7 Å². The largest absolute Gasteiger partial charge is 0.349 e. The van der Waals surface area contributed by atoms with Gasteiger partial charge in [-0.25, -0.2) is 0 Å². The Balaban J connectivity index is 1.65. The fourth-order valence-electron chi connectivity index (χ4n) is 3.30. The van der Waals surface area contributed by atoms with Gasteiger partial charge in [0.25, 0.3) is 0 Å². The molecule has 5 nitrogen and oxygen atoms in total. The standard InChI is InChI=1S/C23H28N4OS/c1-16(2)14-20(18-11-6-5-7-12-18)24-21(28)15-29-23-26-25-22(27(23)4)19-13-9-8-10-17(19)3/h5-13,16,20H,14-15H2,1-4H3,(H,24,28)/t20-/m1/s1. The van der Waals surface area contributed by atoms with Crippen molar-refractivity contribution in [1.29, 1.82) is 0 Å². The van der Waals surface area contributed by atoms with E-state index >= 15 is 0 Å². The van der Waals surface area contributed by atoms with Crippen LogP contribution in [-0.2, 0) is 11.8 Å². The summed E-state index contributed by atoms with van der Waals surface area (Å²) >= 11 is 1.41. The summed E-state index contributed by atoms with van der Waals surface area (Å²) in [5, 5.41) is 12.5. The van der Waals surface area contributed by atoms with Crippen molar-refractivity contribution in [3.05, 3.63) is 65.7 Å². The van der Waals surface area contributed by atoms with Crippen LogP contribution in [0.2, 0.25) is 0 Å². The molecule has 6 heteroatoms. The van der Waals surface area contributed by atoms with Crippen LogP contribution in [0.15, 0.2) is 59.8 Å². The van der Waals surface area contributed by atoms with E-state index in [-0.39, 0.29) is 11.9 Å². The molecule has 152 valence electrons. The highest BCUT2D eigenvalue weighted by atomic mass is 32.2. The Bertz CT molecular complexity index is 953. The normalized spacial score (nSPS) is 12.2. The molecule has 1 heterocycles. The Kier molecular flexibility index (Phi) is 7.09. The monoisotopic (exact) mass is 408 g/mol. The molecule has 1 aromatic heterocycles. The van der Waals surface area contributed by atoms with Crippen molar-refractivity contribution in [2.75, 3.05) is 5.75 Å². The van der Waals surface area contributed by atoms with Crippen LogP contribution in [0.1, 0.15) is 37.4 Å². The number of nitrogens with zero attached hydrogens (tertiary/aromatic N) is 3. The van der Waals surface area contributed by atoms with Crippen LogP contribution < -0.4 is 5.32 Å². The zero-order chi connectivity index (χ0) is 20.8. The van der Waals surface area contributed by atoms with Gasteiger partial charge in [0.1, 0.15) is 0 Å². The second-order valence-electron chi connectivity index (χ2n) is 7.63. The van der Waals surface area contributed by atoms with E-state index in [1.54, 1.807) is 0 Å². The minimum atomic E-state index is 0.00458. The lowest BCUT2D eigenvalue weighted by atomic mass is 9.97. The highest BCUT2D eigenvalue weighted by Crippen LogP contribution is 2.25. The Morgan fingerprint density at radius 2 is 1.76 bits per heavy atom. The van der Waals surface area contributed by atoms with Crippen molar-refractivity contribution in [3.63, 3.8) is 0 Å². The van der Waals surface area contributed by atoms with E-state index in [4.69, 9.17) is 0 Å². The van der Waals surface area contributed by atoms with E-state index in [1.807, 2.05) is 48.0 Å². The molecular weight excluding hydrogens is 380 g/mol. The van der Waals surface area contributed by atoms with Crippen molar-refractivity contribution in [2.24, 2.45) is 13.0 Å². The maximum atomic E-state index is 12.6. The quantitative estimate of drug-likeness (QED) is 0.545. The lowest BCUT2D eigenvalue weighted by molar-refractivity contribution is -0.119. The third-order valence-corrected chi connectivity index (χ3v) is 5.82. The second kappa shape index (κ2) is 9.74. The van der Waals surface area contributed by atoms with E-state index in [9.17, 15) is 4.79 Å². The van der Waals surface area contributed by atoms with Crippen LogP contribution in [0, 0.1) is 12.8 Å². The molecule has 0 aliphatic heterocycles. The second-order valence-corrected chi connectivity index (χ2v) is 8.57. The molecule has 0 unspecified atom stereocenters. The predicted octanol–water partition coefficient (Wildman–Crippen LogP) is 4.79. The Hall–Kier alpha value is -2.60. The molecule has 1 amide bonds. The first-order valence-electron chi connectivity index (χ1n) is 9.88. The molecule has 0 bridgehead atoms. The first-order valence-corrected chi connectivity index (χ1v) is 10.9. The topological polar surface area (TPSA) is 59.8 Å². The van der Waals surface area contributed by atoms with Gasteiger partial charge in [-0.2, -0.15) is 0 Å². The van der Waals surface area contributed by atoms with Crippen LogP contribution in [0.25, 0.3) is 11.4 Å². The molecule has 0 saturated carbocycles. The molecule has 0 spiro atoms. The van der Waals surface area contributed by atoms with Gasteiger partial charge in [-0.15, -0.1) is 10.2 Å². The Morgan fingerprint density at radius 1 is 1.07 bits per heavy atom. The van der Waals surface area contributed by atoms with Crippen molar-refractivity contribution >= 4 is 17.7 Å². The van der Waals surface area contributed by atoms with Crippen molar-refractivity contribution in [1.82, 2.24) is 20.1 Å². The van der Waals surface area contributed by atoms with Gasteiger partial charge in [-0.1, -0.05) is 80.2 Å². The lowest BCUT2D eigenvalue weighted by Gasteiger charge is -2.21. The summed E-state index contributed by atoms with van der Waals surface area (Å²) in [6.07, 6.45) is 0.905. The summed E-state index contributed by atoms with van der Waals surface area (Å²) < 4.78 is 1.95. The fraction of sp³-hybridized carbons (Fsp3) is 0.348. The SMILES string of the molecule is Cc1ccccc1-c1nnc(SCC(=O)N[C@H](CC(C)C)c2ccccc2)n1C. The first kappa shape index (κ1) is 21.1. The molecule has 3 rings (SSSR count). The van der Waals surface area contributed by atoms with Crippen LogP contribution in [0.5, 0.6) is 0 Å². The number of hydrogen-bond acceptors (Lipinski definition) is 4. The number of hydrogen-bond donors (Lipinski definition) is 1. The van der Waals surface area contributed by atoms with Gasteiger partial charge in [-0.05, 0) is 30.4 Å². The molecule has 29 heavy (non-hydrogen) atoms. The van der Waals surface area contributed by atoms with E-state index in [0.717, 1.165) is 34.1 Å². The number of carbonyl (C=O) groups excluding carboxylic acids is 1. The van der Waals surface area contributed by atoms with Gasteiger partial charge >= 0.3 is 0 Å². The summed E-state index contributed by atoms with van der Waals surface area (Å²) in [5.41, 5.74) is 3.34. The number of carbonyl (C=O) groups is 1. The maximum Gasteiger partial charge on any atom is 0.230 e. The smallest absolute Gasteiger partial charge is 0.230 e. The number of aryl methyl sites for hydroxylation is 1.